The van der Waals surface area contributed by atoms with E-state index in [2.05, 4.69) is 26.3 Å². The third-order valence-electron chi connectivity index (χ3n) is 1.65. The van der Waals surface area contributed by atoms with Crippen molar-refractivity contribution in [3.8, 4) is 0 Å². The van der Waals surface area contributed by atoms with Crippen molar-refractivity contribution in [2.45, 2.75) is 0 Å². The lowest BCUT2D eigenvalue weighted by Crippen LogP contribution is -2.19. The molecule has 0 atom stereocenters. The standard InChI is InChI=1S/C10H9BrFN3O/c11-8-2-3-9(12)7(5-8)1-4-10(16)14-6-15-13/h1-6H,13H2,(H,14,15,16). The van der Waals surface area contributed by atoms with Crippen LogP contribution < -0.4 is 11.2 Å². The number of carbonyl (C=O) groups excluding carboxylic acids is 1. The van der Waals surface area contributed by atoms with Gasteiger partial charge in [0.05, 0.1) is 0 Å². The number of benzene rings is 1. The number of amides is 1. The molecule has 84 valence electrons. The maximum atomic E-state index is 13.2. The van der Waals surface area contributed by atoms with Gasteiger partial charge in [-0.2, -0.15) is 5.10 Å². The molecule has 0 aliphatic rings. The van der Waals surface area contributed by atoms with Crippen LogP contribution in [-0.2, 0) is 4.79 Å². The maximum absolute atomic E-state index is 13.2. The first-order valence-corrected chi connectivity index (χ1v) is 5.08. The largest absolute Gasteiger partial charge is 0.322 e. The van der Waals surface area contributed by atoms with Crippen molar-refractivity contribution < 1.29 is 9.18 Å². The van der Waals surface area contributed by atoms with Gasteiger partial charge in [-0.25, -0.2) is 4.39 Å². The molecule has 0 saturated heterocycles. The van der Waals surface area contributed by atoms with Gasteiger partial charge in [0, 0.05) is 16.1 Å². The van der Waals surface area contributed by atoms with E-state index >= 15 is 0 Å². The summed E-state index contributed by atoms with van der Waals surface area (Å²) in [6.07, 6.45) is 3.59. The normalized spacial score (nSPS) is 11.1. The van der Waals surface area contributed by atoms with Crippen LogP contribution in [0.2, 0.25) is 0 Å². The fourth-order valence-corrected chi connectivity index (χ4v) is 1.34. The van der Waals surface area contributed by atoms with E-state index in [0.717, 1.165) is 10.8 Å². The molecule has 3 N–H and O–H groups in total. The lowest BCUT2D eigenvalue weighted by Gasteiger charge is -1.97. The number of halogens is 2. The first-order valence-electron chi connectivity index (χ1n) is 4.29. The number of hydrogen-bond donors (Lipinski definition) is 2. The van der Waals surface area contributed by atoms with Crippen molar-refractivity contribution in [2.75, 3.05) is 0 Å². The zero-order valence-corrected chi connectivity index (χ0v) is 9.74. The van der Waals surface area contributed by atoms with Crippen LogP contribution >= 0.6 is 15.9 Å². The van der Waals surface area contributed by atoms with Crippen molar-refractivity contribution in [2.24, 2.45) is 10.9 Å². The molecule has 0 aliphatic carbocycles. The summed E-state index contributed by atoms with van der Waals surface area (Å²) in [5, 5.41) is 5.35. The minimum Gasteiger partial charge on any atom is -0.322 e. The highest BCUT2D eigenvalue weighted by atomic mass is 79.9. The molecule has 0 bridgehead atoms. The van der Waals surface area contributed by atoms with Gasteiger partial charge >= 0.3 is 0 Å². The van der Waals surface area contributed by atoms with Gasteiger partial charge < -0.3 is 11.2 Å². The van der Waals surface area contributed by atoms with E-state index in [-0.39, 0.29) is 0 Å². The Balaban J connectivity index is 2.75. The summed E-state index contributed by atoms with van der Waals surface area (Å²) in [6, 6.07) is 4.45. The Labute approximate surface area is 100 Å². The van der Waals surface area contributed by atoms with E-state index in [1.165, 1.54) is 18.2 Å². The second-order valence-corrected chi connectivity index (χ2v) is 3.70. The summed E-state index contributed by atoms with van der Waals surface area (Å²) in [6.45, 7) is 0. The van der Waals surface area contributed by atoms with E-state index in [1.807, 2.05) is 0 Å². The van der Waals surface area contributed by atoms with E-state index in [1.54, 1.807) is 12.1 Å². The van der Waals surface area contributed by atoms with Crippen LogP contribution in [0.15, 0.2) is 33.8 Å². The summed E-state index contributed by atoms with van der Waals surface area (Å²) in [5.41, 5.74) is 0.314. The van der Waals surface area contributed by atoms with Crippen LogP contribution in [-0.4, -0.2) is 12.2 Å². The molecule has 0 radical (unpaired) electrons. The highest BCUT2D eigenvalue weighted by Gasteiger charge is 1.99. The molecule has 0 fully saturated rings. The molecule has 1 aromatic carbocycles. The second kappa shape index (κ2) is 6.02. The average Bonchev–Trinajstić information content (AvgIpc) is 2.27. The van der Waals surface area contributed by atoms with Crippen molar-refractivity contribution in [1.29, 1.82) is 0 Å². The fourth-order valence-electron chi connectivity index (χ4n) is 0.957. The zero-order chi connectivity index (χ0) is 12.0. The van der Waals surface area contributed by atoms with Gasteiger partial charge in [0.15, 0.2) is 0 Å². The van der Waals surface area contributed by atoms with Gasteiger partial charge in [0.2, 0.25) is 5.91 Å². The molecule has 4 nitrogen and oxygen atoms in total. The Morgan fingerprint density at radius 2 is 2.31 bits per heavy atom. The van der Waals surface area contributed by atoms with Crippen LogP contribution in [0.4, 0.5) is 4.39 Å². The smallest absolute Gasteiger partial charge is 0.249 e. The SMILES string of the molecule is N/N=C/NC(=O)C=Cc1cc(Br)ccc1F. The molecule has 0 unspecified atom stereocenters. The van der Waals surface area contributed by atoms with Crippen molar-refractivity contribution in [1.82, 2.24) is 5.32 Å². The number of carbonyl (C=O) groups is 1. The molecule has 0 aromatic heterocycles. The van der Waals surface area contributed by atoms with Gasteiger partial charge in [0.1, 0.15) is 12.2 Å². The van der Waals surface area contributed by atoms with Crippen LogP contribution in [0, 0.1) is 5.82 Å². The molecular weight excluding hydrogens is 277 g/mol. The zero-order valence-electron chi connectivity index (χ0n) is 8.15. The Morgan fingerprint density at radius 1 is 1.56 bits per heavy atom. The van der Waals surface area contributed by atoms with E-state index < -0.39 is 11.7 Å². The minimum absolute atomic E-state index is 0.314. The second-order valence-electron chi connectivity index (χ2n) is 2.79. The van der Waals surface area contributed by atoms with Crippen molar-refractivity contribution >= 4 is 34.3 Å². The van der Waals surface area contributed by atoms with E-state index in [4.69, 9.17) is 5.84 Å². The Hall–Kier alpha value is -1.69. The predicted molar refractivity (Wildman–Crippen MR) is 64.0 cm³/mol. The van der Waals surface area contributed by atoms with Gasteiger partial charge in [-0.1, -0.05) is 15.9 Å². The number of nitrogens with one attached hydrogen (secondary N) is 1. The highest BCUT2D eigenvalue weighted by Crippen LogP contribution is 2.16. The van der Waals surface area contributed by atoms with Crippen molar-refractivity contribution in [3.05, 3.63) is 40.1 Å². The summed E-state index contributed by atoms with van der Waals surface area (Å²) in [5.74, 6) is 3.95. The topological polar surface area (TPSA) is 67.5 Å². The molecule has 0 aliphatic heterocycles. The molecule has 1 aromatic rings. The molecule has 16 heavy (non-hydrogen) atoms. The third kappa shape index (κ3) is 3.82. The first-order chi connectivity index (χ1) is 7.63. The molecule has 1 rings (SSSR count). The molecule has 0 saturated carbocycles. The first kappa shape index (κ1) is 12.4. The lowest BCUT2D eigenvalue weighted by molar-refractivity contribution is -0.115. The van der Waals surface area contributed by atoms with Gasteiger partial charge in [-0.3, -0.25) is 4.79 Å². The molecule has 0 heterocycles. The highest BCUT2D eigenvalue weighted by molar-refractivity contribution is 9.10. The van der Waals surface area contributed by atoms with Crippen LogP contribution in [0.5, 0.6) is 0 Å². The Kier molecular flexibility index (Phi) is 4.65. The molecule has 1 amide bonds. The summed E-state index contributed by atoms with van der Waals surface area (Å²) >= 11 is 3.21. The van der Waals surface area contributed by atoms with Crippen LogP contribution in [0.25, 0.3) is 6.08 Å². The summed E-state index contributed by atoms with van der Waals surface area (Å²) in [4.78, 5) is 11.1. The third-order valence-corrected chi connectivity index (χ3v) is 2.15. The number of rotatable bonds is 3. The minimum atomic E-state index is -0.437. The van der Waals surface area contributed by atoms with Gasteiger partial charge in [-0.05, 0) is 24.3 Å². The monoisotopic (exact) mass is 285 g/mol. The van der Waals surface area contributed by atoms with E-state index in [9.17, 15) is 9.18 Å². The quantitative estimate of drug-likeness (QED) is 0.291. The summed E-state index contributed by atoms with van der Waals surface area (Å²) < 4.78 is 14.0. The maximum Gasteiger partial charge on any atom is 0.249 e. The number of nitrogens with two attached hydrogens (primary N) is 1. The molecule has 6 heteroatoms. The van der Waals surface area contributed by atoms with E-state index in [0.29, 0.717) is 5.56 Å². The Bertz CT molecular complexity index is 446. The summed E-state index contributed by atoms with van der Waals surface area (Å²) in [7, 11) is 0. The molecule has 0 spiro atoms. The molecular formula is C10H9BrFN3O. The van der Waals surface area contributed by atoms with Gasteiger partial charge in [-0.15, -0.1) is 0 Å². The lowest BCUT2D eigenvalue weighted by atomic mass is 10.2. The van der Waals surface area contributed by atoms with Crippen LogP contribution in [0.3, 0.4) is 0 Å². The fraction of sp³-hybridized carbons (Fsp3) is 0. The number of hydrogen-bond acceptors (Lipinski definition) is 3. The van der Waals surface area contributed by atoms with Crippen molar-refractivity contribution in [3.63, 3.8) is 0 Å². The Morgan fingerprint density at radius 3 is 3.00 bits per heavy atom. The number of nitrogens with zero attached hydrogens (tertiary/aromatic N) is 1. The average molecular weight is 286 g/mol. The van der Waals surface area contributed by atoms with Gasteiger partial charge in [0.25, 0.3) is 0 Å². The van der Waals surface area contributed by atoms with Crippen LogP contribution in [0.1, 0.15) is 5.56 Å². The number of hydrazone groups is 1. The predicted octanol–water partition coefficient (Wildman–Crippen LogP) is 1.62.